The van der Waals surface area contributed by atoms with Crippen molar-refractivity contribution in [3.05, 3.63) is 59.2 Å². The number of benzene rings is 2. The lowest BCUT2D eigenvalue weighted by Gasteiger charge is -2.52. The molecule has 4 saturated heterocycles. The van der Waals surface area contributed by atoms with Crippen LogP contribution in [0.2, 0.25) is 0 Å². The molecule has 1 amide bonds. The molecule has 13 heteroatoms. The average molecular weight is 934 g/mol. The summed E-state index contributed by atoms with van der Waals surface area (Å²) in [6, 6.07) is 17.5. The minimum atomic E-state index is -0.235. The molecule has 0 radical (unpaired) electrons. The van der Waals surface area contributed by atoms with Crippen molar-refractivity contribution in [2.75, 3.05) is 20.2 Å². The zero-order valence-electron chi connectivity index (χ0n) is 41.0. The number of hydrogen-bond donors (Lipinski definition) is 5. The molecular formula is C54H79N9O3S. The molecule has 8 aliphatic rings. The van der Waals surface area contributed by atoms with E-state index in [9.17, 15) is 10.1 Å². The Morgan fingerprint density at radius 3 is 2.36 bits per heavy atom. The number of amides is 1. The number of hydrogen-bond acceptors (Lipinski definition) is 12. The van der Waals surface area contributed by atoms with Crippen LogP contribution in [0.3, 0.4) is 0 Å². The van der Waals surface area contributed by atoms with E-state index in [2.05, 4.69) is 107 Å². The molecule has 2 aromatic rings. The zero-order chi connectivity index (χ0) is 46.3. The molecule has 0 bridgehead atoms. The van der Waals surface area contributed by atoms with Gasteiger partial charge in [0, 0.05) is 42.1 Å². The van der Waals surface area contributed by atoms with Crippen LogP contribution >= 0.6 is 11.8 Å². The van der Waals surface area contributed by atoms with E-state index < -0.39 is 0 Å². The normalized spacial score (nSPS) is 38.6. The number of fused-ring (bicyclic) bond motifs is 3. The van der Waals surface area contributed by atoms with E-state index in [1.807, 2.05) is 6.07 Å². The van der Waals surface area contributed by atoms with Crippen LogP contribution < -0.4 is 36.5 Å². The van der Waals surface area contributed by atoms with Crippen LogP contribution in [0.25, 0.3) is 0 Å². The van der Waals surface area contributed by atoms with Gasteiger partial charge in [0.05, 0.1) is 48.2 Å². The van der Waals surface area contributed by atoms with E-state index in [4.69, 9.17) is 14.5 Å². The Hall–Kier alpha value is -3.22. The first-order valence-corrected chi connectivity index (χ1v) is 27.5. The fraction of sp³-hybridized carbons (Fsp3) is 0.722. The van der Waals surface area contributed by atoms with E-state index in [1.165, 1.54) is 87.5 Å². The predicted octanol–water partition coefficient (Wildman–Crippen LogP) is 8.72. The van der Waals surface area contributed by atoms with Crippen molar-refractivity contribution in [3.63, 3.8) is 0 Å². The summed E-state index contributed by atoms with van der Waals surface area (Å²) in [4.78, 5) is 25.0. The van der Waals surface area contributed by atoms with Gasteiger partial charge in [-0.1, -0.05) is 70.7 Å². The highest BCUT2D eigenvalue weighted by Gasteiger charge is 2.54. The van der Waals surface area contributed by atoms with Crippen LogP contribution in [-0.4, -0.2) is 94.5 Å². The third-order valence-electron chi connectivity index (χ3n) is 18.3. The second kappa shape index (κ2) is 20.2. The number of nitrogens with zero attached hydrogens (tertiary/aromatic N) is 4. The highest BCUT2D eigenvalue weighted by molar-refractivity contribution is 8.00. The molecule has 3 saturated carbocycles. The molecule has 364 valence electrons. The SMILES string of the molecule is CC[C@@H]1N=C(c2ccc(C3CCC4(CC3)CCN(C3(C5CCCCCC5)CCC(C(=O)NC5CCC(Oc6ccc(C#N)c(OC)c6)CC5)NN3)C4)cc2)C2C(C)C(C)SC2N2C(C)NNC12. The molecule has 1 spiro atoms. The summed E-state index contributed by atoms with van der Waals surface area (Å²) in [5.74, 6) is 3.56. The smallest absolute Gasteiger partial charge is 0.238 e. The fourth-order valence-electron chi connectivity index (χ4n) is 14.1. The standard InChI is InChI=1S/C54H79N9O3S/c1-6-45-50-60-58-36(4)63(50)52-48(34(2)35(3)67-52)49(57-45)39-15-13-37(14-16-39)38-23-26-53(27-24-38)29-30-62(33-53)54(41-11-9-7-8-10-12-41)28-25-46(59-61-54)51(64)56-42-18-21-43(22-19-42)66-44-20-17-40(32-55)47(31-44)65-5/h13-17,20,31,34-36,38,41-43,45-46,48,50,52,58-61H,6-12,18-19,21-30,33H2,1-5H3,(H,56,64)/t34?,35?,36?,38?,42?,43?,45-,46?,48?,50?,52?,53?,54?/m0/s1. The average Bonchev–Trinajstić information content (AvgIpc) is 3.91. The summed E-state index contributed by atoms with van der Waals surface area (Å²) >= 11 is 2.15. The Morgan fingerprint density at radius 2 is 1.67 bits per heavy atom. The van der Waals surface area contributed by atoms with Gasteiger partial charge in [-0.05, 0) is 143 Å². The Bertz CT molecular complexity index is 2100. The lowest BCUT2D eigenvalue weighted by atomic mass is 9.68. The number of nitriles is 1. The molecule has 5 heterocycles. The van der Waals surface area contributed by atoms with Gasteiger partial charge in [-0.25, -0.2) is 21.7 Å². The maximum atomic E-state index is 13.9. The summed E-state index contributed by atoms with van der Waals surface area (Å²) in [6.45, 7) is 11.8. The van der Waals surface area contributed by atoms with Crippen molar-refractivity contribution in [2.24, 2.45) is 28.2 Å². The van der Waals surface area contributed by atoms with Crippen molar-refractivity contribution in [1.82, 2.24) is 36.8 Å². The van der Waals surface area contributed by atoms with Gasteiger partial charge < -0.3 is 14.8 Å². The van der Waals surface area contributed by atoms with E-state index in [0.29, 0.717) is 51.0 Å². The molecule has 5 N–H and O–H groups in total. The van der Waals surface area contributed by atoms with Crippen LogP contribution in [0.15, 0.2) is 47.5 Å². The second-order valence-corrected chi connectivity index (χ2v) is 23.6. The number of rotatable bonds is 10. The van der Waals surface area contributed by atoms with Crippen LogP contribution in [0, 0.1) is 34.5 Å². The Kier molecular flexibility index (Phi) is 14.3. The first kappa shape index (κ1) is 47.5. The predicted molar refractivity (Wildman–Crippen MR) is 267 cm³/mol. The first-order chi connectivity index (χ1) is 32.6. The molecule has 0 aromatic heterocycles. The van der Waals surface area contributed by atoms with E-state index in [-0.39, 0.29) is 48.1 Å². The number of likely N-dealkylation sites (tertiary alicyclic amines) is 1. The molecule has 7 fully saturated rings. The van der Waals surface area contributed by atoms with Crippen molar-refractivity contribution < 1.29 is 14.3 Å². The first-order valence-electron chi connectivity index (χ1n) is 26.6. The highest BCUT2D eigenvalue weighted by atomic mass is 32.2. The third kappa shape index (κ3) is 9.44. The van der Waals surface area contributed by atoms with E-state index in [0.717, 1.165) is 63.8 Å². The number of nitrogens with one attached hydrogen (secondary N) is 5. The van der Waals surface area contributed by atoms with Gasteiger partial charge in [-0.2, -0.15) is 5.26 Å². The summed E-state index contributed by atoms with van der Waals surface area (Å²) in [5, 5.41) is 13.8. The molecule has 12 nitrogen and oxygen atoms in total. The molecular weight excluding hydrogens is 855 g/mol. The monoisotopic (exact) mass is 934 g/mol. The Balaban J connectivity index is 0.750. The van der Waals surface area contributed by atoms with Gasteiger partial charge in [0.1, 0.15) is 23.6 Å². The Labute approximate surface area is 405 Å². The van der Waals surface area contributed by atoms with Crippen LogP contribution in [-0.2, 0) is 4.79 Å². The lowest BCUT2D eigenvalue weighted by molar-refractivity contribution is -0.128. The third-order valence-corrected chi connectivity index (χ3v) is 20.0. The topological polar surface area (TPSA) is 138 Å². The number of thioether (sulfide) groups is 1. The zero-order valence-corrected chi connectivity index (χ0v) is 41.9. The quantitative estimate of drug-likeness (QED) is 0.146. The summed E-state index contributed by atoms with van der Waals surface area (Å²) in [7, 11) is 1.58. The van der Waals surface area contributed by atoms with Crippen molar-refractivity contribution in [1.29, 1.82) is 5.26 Å². The molecule has 2 aromatic carbocycles. The number of ether oxygens (including phenoxy) is 2. The van der Waals surface area contributed by atoms with Gasteiger partial charge >= 0.3 is 0 Å². The van der Waals surface area contributed by atoms with Gasteiger partial charge in [-0.15, -0.1) is 11.8 Å². The van der Waals surface area contributed by atoms with Crippen LogP contribution in [0.1, 0.15) is 166 Å². The van der Waals surface area contributed by atoms with Gasteiger partial charge in [0.25, 0.3) is 0 Å². The van der Waals surface area contributed by atoms with Gasteiger partial charge in [0.2, 0.25) is 5.91 Å². The molecule has 10 rings (SSSR count). The molecule has 3 aliphatic carbocycles. The lowest BCUT2D eigenvalue weighted by Crippen LogP contribution is -2.72. The molecule has 8 unspecified atom stereocenters. The number of aliphatic imine (C=N–C) groups is 1. The largest absolute Gasteiger partial charge is 0.495 e. The molecule has 67 heavy (non-hydrogen) atoms. The highest BCUT2D eigenvalue weighted by Crippen LogP contribution is 2.53. The van der Waals surface area contributed by atoms with Gasteiger partial charge in [0.15, 0.2) is 0 Å². The fourth-order valence-corrected chi connectivity index (χ4v) is 16.0. The molecule has 9 atom stereocenters. The minimum Gasteiger partial charge on any atom is -0.495 e. The number of methoxy groups -OCH3 is 1. The van der Waals surface area contributed by atoms with Crippen molar-refractivity contribution >= 4 is 23.4 Å². The van der Waals surface area contributed by atoms with Gasteiger partial charge in [-0.3, -0.25) is 19.6 Å². The van der Waals surface area contributed by atoms with Crippen molar-refractivity contribution in [2.45, 2.75) is 202 Å². The van der Waals surface area contributed by atoms with Crippen LogP contribution in [0.4, 0.5) is 0 Å². The number of hydrazine groups is 2. The maximum absolute atomic E-state index is 13.9. The Morgan fingerprint density at radius 1 is 0.910 bits per heavy atom. The summed E-state index contributed by atoms with van der Waals surface area (Å²) < 4.78 is 11.7. The summed E-state index contributed by atoms with van der Waals surface area (Å²) in [6.07, 6.45) is 21.2. The van der Waals surface area contributed by atoms with E-state index in [1.54, 1.807) is 19.2 Å². The summed E-state index contributed by atoms with van der Waals surface area (Å²) in [5.41, 5.74) is 19.7. The second-order valence-electron chi connectivity index (χ2n) is 22.1. The van der Waals surface area contributed by atoms with Crippen LogP contribution in [0.5, 0.6) is 11.5 Å². The maximum Gasteiger partial charge on any atom is 0.238 e. The number of carbonyl (C=O) groups excluding carboxylic acids is 1. The van der Waals surface area contributed by atoms with Crippen molar-refractivity contribution in [3.8, 4) is 17.6 Å². The minimum absolute atomic E-state index is 0.0815. The number of carbonyl (C=O) groups is 1. The van der Waals surface area contributed by atoms with E-state index >= 15 is 0 Å². The molecule has 5 aliphatic heterocycles.